The largest absolute Gasteiger partial charge is 0.461 e. The first-order valence-electron chi connectivity index (χ1n) is 6.09. The van der Waals surface area contributed by atoms with E-state index in [0.717, 1.165) is 0 Å². The quantitative estimate of drug-likeness (QED) is 0.664. The fourth-order valence-corrected chi connectivity index (χ4v) is 2.72. The summed E-state index contributed by atoms with van der Waals surface area (Å²) in [6.07, 6.45) is 0. The maximum atomic E-state index is 11.9. The van der Waals surface area contributed by atoms with Gasteiger partial charge in [0.15, 0.2) is 9.84 Å². The van der Waals surface area contributed by atoms with Crippen molar-refractivity contribution in [2.75, 3.05) is 18.1 Å². The number of nitrogens with two attached hydrogens (primary N) is 1. The molecule has 0 atom stereocenters. The molecule has 0 aliphatic carbocycles. The van der Waals surface area contributed by atoms with Crippen LogP contribution in [-0.4, -0.2) is 31.5 Å². The van der Waals surface area contributed by atoms with Gasteiger partial charge in [-0.05, 0) is 32.9 Å². The van der Waals surface area contributed by atoms with E-state index in [-0.39, 0.29) is 33.7 Å². The Hall–Kier alpha value is -0.980. The fourth-order valence-electron chi connectivity index (χ4n) is 1.39. The number of hydrogen-bond donors (Lipinski definition) is 1. The van der Waals surface area contributed by atoms with Crippen molar-refractivity contribution in [1.29, 1.82) is 0 Å². The van der Waals surface area contributed by atoms with Crippen LogP contribution in [0.15, 0.2) is 12.1 Å². The van der Waals surface area contributed by atoms with Gasteiger partial charge in [0.1, 0.15) is 6.61 Å². The van der Waals surface area contributed by atoms with Crippen molar-refractivity contribution in [1.82, 2.24) is 0 Å². The van der Waals surface area contributed by atoms with Gasteiger partial charge in [-0.25, -0.2) is 13.2 Å². The molecular weight excluding hydrogens is 337 g/mol. The number of halogens is 2. The normalized spacial score (nSPS) is 12.2. The molecule has 0 amide bonds. The monoisotopic (exact) mass is 353 g/mol. The number of carbonyl (C=O) groups is 1. The van der Waals surface area contributed by atoms with E-state index >= 15 is 0 Å². The molecule has 1 rings (SSSR count). The Morgan fingerprint density at radius 2 is 1.86 bits per heavy atom. The topological polar surface area (TPSA) is 86.5 Å². The molecule has 0 aromatic heterocycles. The van der Waals surface area contributed by atoms with Crippen LogP contribution in [0, 0.1) is 0 Å². The minimum atomic E-state index is -3.36. The van der Waals surface area contributed by atoms with Crippen molar-refractivity contribution < 1.29 is 17.9 Å². The summed E-state index contributed by atoms with van der Waals surface area (Å²) < 4.78 is 27.8. The molecule has 0 saturated heterocycles. The van der Waals surface area contributed by atoms with Crippen molar-refractivity contribution in [3.8, 4) is 0 Å². The molecular formula is C13H17Cl2NO4S. The average Bonchev–Trinajstić information content (AvgIpc) is 2.31. The lowest BCUT2D eigenvalue weighted by atomic mass is 10.2. The highest BCUT2D eigenvalue weighted by atomic mass is 35.5. The highest BCUT2D eigenvalue weighted by Crippen LogP contribution is 2.29. The third-order valence-corrected chi connectivity index (χ3v) is 6.16. The number of sulfone groups is 1. The van der Waals surface area contributed by atoms with Crippen LogP contribution in [0.1, 0.15) is 31.1 Å². The van der Waals surface area contributed by atoms with E-state index < -0.39 is 20.6 Å². The molecule has 0 spiro atoms. The predicted molar refractivity (Wildman–Crippen MR) is 84.7 cm³/mol. The molecule has 0 fully saturated rings. The summed E-state index contributed by atoms with van der Waals surface area (Å²) in [7, 11) is -3.36. The highest BCUT2D eigenvalue weighted by molar-refractivity contribution is 7.92. The van der Waals surface area contributed by atoms with Crippen LogP contribution < -0.4 is 5.73 Å². The molecule has 118 valence electrons. The molecule has 0 unspecified atom stereocenters. The molecule has 0 saturated carbocycles. The van der Waals surface area contributed by atoms with Crippen LogP contribution in [0.5, 0.6) is 0 Å². The highest BCUT2D eigenvalue weighted by Gasteiger charge is 2.29. The summed E-state index contributed by atoms with van der Waals surface area (Å²) in [4.78, 5) is 11.9. The molecule has 1 aromatic carbocycles. The van der Waals surface area contributed by atoms with E-state index in [1.807, 2.05) is 0 Å². The molecule has 0 heterocycles. The van der Waals surface area contributed by atoms with E-state index in [1.54, 1.807) is 20.8 Å². The van der Waals surface area contributed by atoms with Crippen LogP contribution in [-0.2, 0) is 14.6 Å². The number of anilines is 1. The Labute approximate surface area is 134 Å². The van der Waals surface area contributed by atoms with E-state index in [1.165, 1.54) is 12.1 Å². The third kappa shape index (κ3) is 4.49. The third-order valence-electron chi connectivity index (χ3n) is 2.79. The summed E-state index contributed by atoms with van der Waals surface area (Å²) in [5.41, 5.74) is 5.85. The zero-order valence-corrected chi connectivity index (χ0v) is 14.3. The molecule has 0 bridgehead atoms. The van der Waals surface area contributed by atoms with Gasteiger partial charge >= 0.3 is 5.97 Å². The van der Waals surface area contributed by atoms with Crippen molar-refractivity contribution in [3.05, 3.63) is 27.7 Å². The van der Waals surface area contributed by atoms with Crippen molar-refractivity contribution in [2.24, 2.45) is 0 Å². The Morgan fingerprint density at radius 3 is 2.38 bits per heavy atom. The standard InChI is InChI=1S/C13H17Cl2NO4S/c1-13(2,3)21(18,19)5-4-20-12(17)9-6-8(16)7-10(14)11(9)15/h6-7H,4-5,16H2,1-3H3. The summed E-state index contributed by atoms with van der Waals surface area (Å²) in [5.74, 6) is -1.03. The van der Waals surface area contributed by atoms with Crippen LogP contribution in [0.2, 0.25) is 10.0 Å². The number of rotatable bonds is 4. The second kappa shape index (κ2) is 6.42. The lowest BCUT2D eigenvalue weighted by molar-refractivity contribution is 0.0529. The molecule has 0 aliphatic heterocycles. The molecule has 0 aliphatic rings. The van der Waals surface area contributed by atoms with Gasteiger partial charge in [-0.15, -0.1) is 0 Å². The van der Waals surface area contributed by atoms with Gasteiger partial charge in [0.2, 0.25) is 0 Å². The van der Waals surface area contributed by atoms with Gasteiger partial charge in [-0.1, -0.05) is 23.2 Å². The maximum absolute atomic E-state index is 11.9. The smallest absolute Gasteiger partial charge is 0.339 e. The lowest BCUT2D eigenvalue weighted by Gasteiger charge is -2.18. The number of hydrogen-bond acceptors (Lipinski definition) is 5. The average molecular weight is 354 g/mol. The van der Waals surface area contributed by atoms with Crippen LogP contribution in [0.3, 0.4) is 0 Å². The Balaban J connectivity index is 2.77. The predicted octanol–water partition coefficient (Wildman–Crippen LogP) is 2.95. The van der Waals surface area contributed by atoms with Gasteiger partial charge in [-0.2, -0.15) is 0 Å². The lowest BCUT2D eigenvalue weighted by Crippen LogP contribution is -2.32. The van der Waals surface area contributed by atoms with E-state index in [0.29, 0.717) is 0 Å². The van der Waals surface area contributed by atoms with Crippen LogP contribution in [0.25, 0.3) is 0 Å². The van der Waals surface area contributed by atoms with Gasteiger partial charge < -0.3 is 10.5 Å². The summed E-state index contributed by atoms with van der Waals surface area (Å²) >= 11 is 11.7. The zero-order valence-electron chi connectivity index (χ0n) is 11.9. The van der Waals surface area contributed by atoms with E-state index in [9.17, 15) is 13.2 Å². The van der Waals surface area contributed by atoms with Crippen molar-refractivity contribution in [3.63, 3.8) is 0 Å². The molecule has 1 aromatic rings. The van der Waals surface area contributed by atoms with Gasteiger partial charge in [0, 0.05) is 5.69 Å². The first-order valence-corrected chi connectivity index (χ1v) is 8.50. The second-order valence-electron chi connectivity index (χ2n) is 5.43. The van der Waals surface area contributed by atoms with Crippen LogP contribution in [0.4, 0.5) is 5.69 Å². The number of carbonyl (C=O) groups excluding carboxylic acids is 1. The van der Waals surface area contributed by atoms with E-state index in [2.05, 4.69) is 0 Å². The molecule has 0 radical (unpaired) electrons. The minimum Gasteiger partial charge on any atom is -0.461 e. The fraction of sp³-hybridized carbons (Fsp3) is 0.462. The first kappa shape index (κ1) is 18.1. The minimum absolute atomic E-state index is 0.00910. The number of nitrogen functional groups attached to an aromatic ring is 1. The Morgan fingerprint density at radius 1 is 1.29 bits per heavy atom. The summed E-state index contributed by atoms with van der Waals surface area (Å²) in [5, 5.41) is 0.153. The Kier molecular flexibility index (Phi) is 5.52. The van der Waals surface area contributed by atoms with Crippen molar-refractivity contribution >= 4 is 44.7 Å². The molecule has 2 N–H and O–H groups in total. The summed E-state index contributed by atoms with van der Waals surface area (Å²) in [6, 6.07) is 2.74. The van der Waals surface area contributed by atoms with Crippen LogP contribution >= 0.6 is 23.2 Å². The summed E-state index contributed by atoms with van der Waals surface area (Å²) in [6.45, 7) is 4.48. The molecule has 5 nitrogen and oxygen atoms in total. The first-order chi connectivity index (χ1) is 9.45. The zero-order chi connectivity index (χ0) is 16.4. The number of ether oxygens (including phenoxy) is 1. The number of benzene rings is 1. The Bertz CT molecular complexity index is 651. The SMILES string of the molecule is CC(C)(C)S(=O)(=O)CCOC(=O)c1cc(N)cc(Cl)c1Cl. The number of esters is 1. The van der Waals surface area contributed by atoms with E-state index in [4.69, 9.17) is 33.7 Å². The van der Waals surface area contributed by atoms with Gasteiger partial charge in [-0.3, -0.25) is 0 Å². The van der Waals surface area contributed by atoms with Crippen molar-refractivity contribution in [2.45, 2.75) is 25.5 Å². The van der Waals surface area contributed by atoms with Gasteiger partial charge in [0.25, 0.3) is 0 Å². The maximum Gasteiger partial charge on any atom is 0.339 e. The second-order valence-corrected chi connectivity index (χ2v) is 9.08. The molecule has 21 heavy (non-hydrogen) atoms. The van der Waals surface area contributed by atoms with Gasteiger partial charge in [0.05, 0.1) is 26.1 Å². The molecule has 8 heteroatoms.